The average molecular weight is 558 g/mol. The fraction of sp³-hybridized carbons (Fsp3) is 0.500. The van der Waals surface area contributed by atoms with Gasteiger partial charge in [-0.15, -0.1) is 0 Å². The molecule has 0 saturated carbocycles. The second kappa shape index (κ2) is 11.9. The van der Waals surface area contributed by atoms with E-state index < -0.39 is 33.9 Å². The first-order valence-electron chi connectivity index (χ1n) is 12.2. The van der Waals surface area contributed by atoms with Crippen LogP contribution in [0.5, 0.6) is 5.75 Å². The predicted octanol–water partition coefficient (Wildman–Crippen LogP) is 3.36. The first-order chi connectivity index (χ1) is 17.7. The zero-order chi connectivity index (χ0) is 28.3. The molecule has 3 atom stereocenters. The molecule has 1 aliphatic rings. The van der Waals surface area contributed by atoms with E-state index in [2.05, 4.69) is 4.72 Å². The number of amides is 1. The number of carbonyl (C=O) groups excluding carboxylic acids is 1. The number of carbonyl (C=O) groups is 1. The maximum atomic E-state index is 13.2. The highest BCUT2D eigenvalue weighted by molar-refractivity contribution is 7.92. The number of likely N-dealkylation sites (N-methyl/N-ethyl adjacent to an activating group) is 1. The number of sulfonamides is 1. The van der Waals surface area contributed by atoms with Crippen LogP contribution in [-0.2, 0) is 34.0 Å². The smallest absolute Gasteiger partial charge is 0.416 e. The summed E-state index contributed by atoms with van der Waals surface area (Å²) in [6, 6.07) is 9.31. The summed E-state index contributed by atoms with van der Waals surface area (Å²) in [5, 5.41) is 9.76. The van der Waals surface area contributed by atoms with Crippen LogP contribution in [-0.4, -0.2) is 74.4 Å². The standard InChI is InChI=1S/C26H34F3N3O5S/c1-17-13-32(18(2)16-33)25(34)12-20-11-22(30-38(4,35)36)9-10-23(20)37-24(17)15-31(3)14-19-5-7-21(8-6-19)26(27,28)29/h5-11,17-18,24,30,33H,12-16H2,1-4H3/t17-,18+,24+/m1/s1. The van der Waals surface area contributed by atoms with Crippen molar-refractivity contribution in [2.24, 2.45) is 5.92 Å². The van der Waals surface area contributed by atoms with Crippen molar-refractivity contribution < 1.29 is 36.2 Å². The minimum absolute atomic E-state index is 0.0419. The summed E-state index contributed by atoms with van der Waals surface area (Å²) in [4.78, 5) is 16.8. The number of alkyl halides is 3. The van der Waals surface area contributed by atoms with Gasteiger partial charge in [-0.1, -0.05) is 19.1 Å². The van der Waals surface area contributed by atoms with Crippen LogP contribution in [0.1, 0.15) is 30.5 Å². The third kappa shape index (κ3) is 8.08. The molecule has 0 saturated heterocycles. The van der Waals surface area contributed by atoms with Gasteiger partial charge in [-0.2, -0.15) is 13.2 Å². The maximum absolute atomic E-state index is 13.2. The van der Waals surface area contributed by atoms with Gasteiger partial charge >= 0.3 is 6.18 Å². The number of nitrogens with one attached hydrogen (secondary N) is 1. The minimum atomic E-state index is -4.40. The number of nitrogens with zero attached hydrogens (tertiary/aromatic N) is 2. The minimum Gasteiger partial charge on any atom is -0.488 e. The van der Waals surface area contributed by atoms with E-state index in [1.165, 1.54) is 12.1 Å². The van der Waals surface area contributed by atoms with E-state index in [4.69, 9.17) is 4.74 Å². The molecule has 12 heteroatoms. The Morgan fingerprint density at radius 1 is 1.21 bits per heavy atom. The van der Waals surface area contributed by atoms with E-state index in [1.54, 1.807) is 30.0 Å². The molecular formula is C26H34F3N3O5S. The number of rotatable bonds is 8. The van der Waals surface area contributed by atoms with Crippen LogP contribution in [0.3, 0.4) is 0 Å². The van der Waals surface area contributed by atoms with Gasteiger partial charge in [0.15, 0.2) is 0 Å². The van der Waals surface area contributed by atoms with Crippen molar-refractivity contribution >= 4 is 21.6 Å². The molecule has 0 bridgehead atoms. The van der Waals surface area contributed by atoms with Crippen LogP contribution < -0.4 is 9.46 Å². The number of halogens is 3. The Morgan fingerprint density at radius 2 is 1.87 bits per heavy atom. The number of hydrogen-bond acceptors (Lipinski definition) is 6. The molecule has 1 amide bonds. The van der Waals surface area contributed by atoms with Crippen molar-refractivity contribution in [3.63, 3.8) is 0 Å². The predicted molar refractivity (Wildman–Crippen MR) is 138 cm³/mol. The van der Waals surface area contributed by atoms with Crippen molar-refractivity contribution in [1.29, 1.82) is 0 Å². The van der Waals surface area contributed by atoms with Crippen LogP contribution >= 0.6 is 0 Å². The fourth-order valence-corrected chi connectivity index (χ4v) is 4.96. The molecule has 2 N–H and O–H groups in total. The molecule has 1 aliphatic heterocycles. The molecular weight excluding hydrogens is 523 g/mol. The normalized spacial score (nSPS) is 19.7. The number of ether oxygens (including phenoxy) is 1. The van der Waals surface area contributed by atoms with E-state index in [9.17, 15) is 31.5 Å². The van der Waals surface area contributed by atoms with Gasteiger partial charge in [-0.3, -0.25) is 14.4 Å². The lowest BCUT2D eigenvalue weighted by Gasteiger charge is -2.34. The quantitative estimate of drug-likeness (QED) is 0.517. The molecule has 8 nitrogen and oxygen atoms in total. The highest BCUT2D eigenvalue weighted by Crippen LogP contribution is 2.31. The topological polar surface area (TPSA) is 99.2 Å². The van der Waals surface area contributed by atoms with E-state index >= 15 is 0 Å². The Bertz CT molecular complexity index is 1220. The zero-order valence-electron chi connectivity index (χ0n) is 21.8. The molecule has 3 rings (SSSR count). The van der Waals surface area contributed by atoms with Crippen molar-refractivity contribution in [2.75, 3.05) is 37.7 Å². The molecule has 2 aromatic rings. The number of hydrogen-bond donors (Lipinski definition) is 2. The molecule has 0 radical (unpaired) electrons. The first kappa shape index (κ1) is 29.7. The Hall–Kier alpha value is -2.83. The van der Waals surface area contributed by atoms with Crippen molar-refractivity contribution in [3.05, 3.63) is 59.2 Å². The van der Waals surface area contributed by atoms with E-state index in [1.807, 2.05) is 18.9 Å². The van der Waals surface area contributed by atoms with Gasteiger partial charge in [-0.25, -0.2) is 8.42 Å². The molecule has 2 aromatic carbocycles. The second-order valence-electron chi connectivity index (χ2n) is 9.98. The van der Waals surface area contributed by atoms with Gasteiger partial charge in [0.1, 0.15) is 11.9 Å². The summed E-state index contributed by atoms with van der Waals surface area (Å²) < 4.78 is 70.9. The van der Waals surface area contributed by atoms with Crippen molar-refractivity contribution in [3.8, 4) is 5.75 Å². The Kier molecular flexibility index (Phi) is 9.32. The second-order valence-corrected chi connectivity index (χ2v) is 11.7. The third-order valence-corrected chi connectivity index (χ3v) is 7.05. The monoisotopic (exact) mass is 557 g/mol. The van der Waals surface area contributed by atoms with Crippen LogP contribution in [0.15, 0.2) is 42.5 Å². The average Bonchev–Trinajstić information content (AvgIpc) is 2.85. The third-order valence-electron chi connectivity index (χ3n) is 6.45. The Labute approximate surface area is 221 Å². The number of benzene rings is 2. The van der Waals surface area contributed by atoms with Crippen LogP contribution in [0.2, 0.25) is 0 Å². The summed E-state index contributed by atoms with van der Waals surface area (Å²) in [7, 11) is -1.70. The molecule has 0 aliphatic carbocycles. The van der Waals surface area contributed by atoms with Crippen molar-refractivity contribution in [1.82, 2.24) is 9.80 Å². The number of fused-ring (bicyclic) bond motifs is 1. The van der Waals surface area contributed by atoms with Gasteiger partial charge in [0.25, 0.3) is 0 Å². The molecule has 0 aromatic heterocycles. The van der Waals surface area contributed by atoms with Crippen LogP contribution in [0.4, 0.5) is 18.9 Å². The van der Waals surface area contributed by atoms with E-state index in [-0.39, 0.29) is 24.9 Å². The molecule has 1 heterocycles. The van der Waals surface area contributed by atoms with Gasteiger partial charge in [0.2, 0.25) is 15.9 Å². The number of anilines is 1. The molecule has 0 unspecified atom stereocenters. The lowest BCUT2D eigenvalue weighted by Crippen LogP contribution is -2.47. The van der Waals surface area contributed by atoms with Crippen LogP contribution in [0.25, 0.3) is 0 Å². The molecule has 0 spiro atoms. The molecule has 210 valence electrons. The van der Waals surface area contributed by atoms with Gasteiger partial charge < -0.3 is 14.7 Å². The highest BCUT2D eigenvalue weighted by atomic mass is 32.2. The lowest BCUT2D eigenvalue weighted by atomic mass is 10.0. The van der Waals surface area contributed by atoms with Crippen molar-refractivity contribution in [2.45, 2.75) is 45.1 Å². The van der Waals surface area contributed by atoms with Crippen LogP contribution in [0, 0.1) is 5.92 Å². The largest absolute Gasteiger partial charge is 0.488 e. The summed E-state index contributed by atoms with van der Waals surface area (Å²) >= 11 is 0. The summed E-state index contributed by atoms with van der Waals surface area (Å²) in [6.45, 7) is 4.57. The van der Waals surface area contributed by atoms with Gasteiger partial charge in [0, 0.05) is 36.8 Å². The molecule has 0 fully saturated rings. The molecule has 38 heavy (non-hydrogen) atoms. The first-order valence-corrected chi connectivity index (χ1v) is 14.1. The van der Waals surface area contributed by atoms with E-state index in [0.717, 1.165) is 18.4 Å². The SMILES string of the molecule is C[C@@H]1CN([C@@H](C)CO)C(=O)Cc2cc(NS(C)(=O)=O)ccc2O[C@H]1CN(C)Cc1ccc(C(F)(F)F)cc1. The number of aliphatic hydroxyl groups is 1. The van der Waals surface area contributed by atoms with Gasteiger partial charge in [0.05, 0.1) is 30.9 Å². The summed E-state index contributed by atoms with van der Waals surface area (Å²) in [5.74, 6) is 0.0528. The summed E-state index contributed by atoms with van der Waals surface area (Å²) in [5.41, 5.74) is 0.802. The number of aliphatic hydroxyl groups excluding tert-OH is 1. The van der Waals surface area contributed by atoms with Gasteiger partial charge in [-0.05, 0) is 49.9 Å². The highest BCUT2D eigenvalue weighted by Gasteiger charge is 2.32. The van der Waals surface area contributed by atoms with E-state index in [0.29, 0.717) is 42.2 Å². The lowest BCUT2D eigenvalue weighted by molar-refractivity contribution is -0.137. The Balaban J connectivity index is 1.87. The maximum Gasteiger partial charge on any atom is 0.416 e. The summed E-state index contributed by atoms with van der Waals surface area (Å²) in [6.07, 6.45) is -3.82. The Morgan fingerprint density at radius 3 is 2.45 bits per heavy atom. The fourth-order valence-electron chi connectivity index (χ4n) is 4.41. The zero-order valence-corrected chi connectivity index (χ0v) is 22.6.